The molecule has 3 rings (SSSR count). The van der Waals surface area contributed by atoms with E-state index in [0.29, 0.717) is 18.4 Å². The first-order valence-corrected chi connectivity index (χ1v) is 12.6. The van der Waals surface area contributed by atoms with Crippen LogP contribution < -0.4 is 9.47 Å². The van der Waals surface area contributed by atoms with Crippen LogP contribution in [0.1, 0.15) is 78.6 Å². The van der Waals surface area contributed by atoms with Crippen LogP contribution in [0.25, 0.3) is 11.1 Å². The lowest BCUT2D eigenvalue weighted by Crippen LogP contribution is -2.09. The summed E-state index contributed by atoms with van der Waals surface area (Å²) in [5.74, 6) is 2.17. The van der Waals surface area contributed by atoms with Gasteiger partial charge in [0.25, 0.3) is 0 Å². The highest BCUT2D eigenvalue weighted by Gasteiger charge is 2.10. The summed E-state index contributed by atoms with van der Waals surface area (Å²) in [5.41, 5.74) is 2.17. The first-order valence-electron chi connectivity index (χ1n) is 12.6. The standard InChI is InChI=1S/C23H33NO2.C5H10O/c1-4-6-7-8-11-19(3)18-26-22-13-10-9-12-21(22)20-14-15-24-23(17-20)25-16-5-2;1-2-4-6-5-3-1/h9-10,12-15,17,19H,4-8,11,16,18H2,1-3H3;1-5H2. The number of benzene rings is 1. The molecule has 1 fully saturated rings. The highest BCUT2D eigenvalue weighted by atomic mass is 16.5. The van der Waals surface area contributed by atoms with Crippen molar-refractivity contribution in [3.8, 4) is 22.8 Å². The lowest BCUT2D eigenvalue weighted by atomic mass is 10.0. The molecule has 4 heteroatoms. The fraction of sp³-hybridized carbons (Fsp3) is 0.607. The van der Waals surface area contributed by atoms with Crippen molar-refractivity contribution in [1.29, 1.82) is 0 Å². The third-order valence-electron chi connectivity index (χ3n) is 5.54. The summed E-state index contributed by atoms with van der Waals surface area (Å²) in [4.78, 5) is 4.29. The van der Waals surface area contributed by atoms with Gasteiger partial charge in [-0.05, 0) is 55.7 Å². The van der Waals surface area contributed by atoms with E-state index >= 15 is 0 Å². The van der Waals surface area contributed by atoms with E-state index in [4.69, 9.17) is 14.2 Å². The number of pyridine rings is 1. The van der Waals surface area contributed by atoms with Gasteiger partial charge < -0.3 is 14.2 Å². The molecule has 0 amide bonds. The number of para-hydroxylation sites is 1. The molecule has 0 spiro atoms. The predicted molar refractivity (Wildman–Crippen MR) is 134 cm³/mol. The molecule has 1 aromatic carbocycles. The molecule has 1 unspecified atom stereocenters. The normalized spacial score (nSPS) is 14.2. The molecule has 2 heterocycles. The van der Waals surface area contributed by atoms with E-state index in [-0.39, 0.29) is 0 Å². The first kappa shape index (κ1) is 26.2. The topological polar surface area (TPSA) is 40.6 Å². The van der Waals surface area contributed by atoms with Gasteiger partial charge in [-0.25, -0.2) is 4.98 Å². The van der Waals surface area contributed by atoms with Crippen LogP contribution in [0.5, 0.6) is 11.6 Å². The maximum atomic E-state index is 6.17. The number of hydrogen-bond donors (Lipinski definition) is 0. The number of aromatic nitrogens is 1. The van der Waals surface area contributed by atoms with Crippen molar-refractivity contribution < 1.29 is 14.2 Å². The molecule has 0 saturated carbocycles. The zero-order valence-electron chi connectivity index (χ0n) is 20.5. The Morgan fingerprint density at radius 1 is 0.938 bits per heavy atom. The molecule has 1 atom stereocenters. The first-order chi connectivity index (χ1) is 15.7. The second-order valence-corrected chi connectivity index (χ2v) is 8.67. The number of ether oxygens (including phenoxy) is 3. The average Bonchev–Trinajstić information content (AvgIpc) is 2.86. The molecule has 178 valence electrons. The molecule has 1 saturated heterocycles. The lowest BCUT2D eigenvalue weighted by molar-refractivity contribution is 0.0968. The maximum absolute atomic E-state index is 6.17. The van der Waals surface area contributed by atoms with Crippen molar-refractivity contribution in [1.82, 2.24) is 4.98 Å². The van der Waals surface area contributed by atoms with Crippen molar-refractivity contribution in [2.75, 3.05) is 26.4 Å². The third-order valence-corrected chi connectivity index (χ3v) is 5.54. The van der Waals surface area contributed by atoms with Crippen molar-refractivity contribution in [3.63, 3.8) is 0 Å². The maximum Gasteiger partial charge on any atom is 0.213 e. The van der Waals surface area contributed by atoms with Gasteiger partial charge in [0.05, 0.1) is 13.2 Å². The summed E-state index contributed by atoms with van der Waals surface area (Å²) < 4.78 is 16.9. The molecule has 32 heavy (non-hydrogen) atoms. The van der Waals surface area contributed by atoms with E-state index in [1.165, 1.54) is 51.4 Å². The van der Waals surface area contributed by atoms with Crippen molar-refractivity contribution in [3.05, 3.63) is 42.6 Å². The number of nitrogens with zero attached hydrogens (tertiary/aromatic N) is 1. The minimum Gasteiger partial charge on any atom is -0.493 e. The quantitative estimate of drug-likeness (QED) is 0.316. The van der Waals surface area contributed by atoms with Crippen molar-refractivity contribution in [2.24, 2.45) is 5.92 Å². The lowest BCUT2D eigenvalue weighted by Gasteiger charge is -2.16. The Balaban J connectivity index is 0.000000520. The monoisotopic (exact) mass is 441 g/mol. The van der Waals surface area contributed by atoms with E-state index in [0.717, 1.165) is 43.1 Å². The van der Waals surface area contributed by atoms with Crippen LogP contribution in [0.3, 0.4) is 0 Å². The van der Waals surface area contributed by atoms with E-state index in [9.17, 15) is 0 Å². The fourth-order valence-electron chi connectivity index (χ4n) is 3.62. The zero-order valence-corrected chi connectivity index (χ0v) is 20.5. The van der Waals surface area contributed by atoms with Gasteiger partial charge in [-0.15, -0.1) is 0 Å². The number of hydrogen-bond acceptors (Lipinski definition) is 4. The summed E-state index contributed by atoms with van der Waals surface area (Å²) >= 11 is 0. The Bertz CT molecular complexity index is 719. The summed E-state index contributed by atoms with van der Waals surface area (Å²) in [6, 6.07) is 12.2. The molecule has 1 aliphatic heterocycles. The molecular formula is C28H43NO3. The smallest absolute Gasteiger partial charge is 0.213 e. The van der Waals surface area contributed by atoms with Gasteiger partial charge in [0.2, 0.25) is 5.88 Å². The van der Waals surface area contributed by atoms with Gasteiger partial charge >= 0.3 is 0 Å². The van der Waals surface area contributed by atoms with Gasteiger partial charge in [0.15, 0.2) is 0 Å². The molecule has 0 aliphatic carbocycles. The minimum absolute atomic E-state index is 0.570. The summed E-state index contributed by atoms with van der Waals surface area (Å²) in [5, 5.41) is 0. The highest BCUT2D eigenvalue weighted by Crippen LogP contribution is 2.31. The van der Waals surface area contributed by atoms with E-state index < -0.39 is 0 Å². The number of unbranched alkanes of at least 4 members (excludes halogenated alkanes) is 3. The van der Waals surface area contributed by atoms with Crippen LogP contribution in [0.2, 0.25) is 0 Å². The van der Waals surface area contributed by atoms with Crippen LogP contribution in [0, 0.1) is 5.92 Å². The van der Waals surface area contributed by atoms with Crippen LogP contribution in [-0.2, 0) is 4.74 Å². The second-order valence-electron chi connectivity index (χ2n) is 8.67. The second kappa shape index (κ2) is 16.5. The Hall–Kier alpha value is -2.07. The third kappa shape index (κ3) is 10.5. The molecule has 4 nitrogen and oxygen atoms in total. The van der Waals surface area contributed by atoms with Crippen molar-refractivity contribution >= 4 is 0 Å². The van der Waals surface area contributed by atoms with E-state index in [2.05, 4.69) is 31.8 Å². The Morgan fingerprint density at radius 2 is 1.75 bits per heavy atom. The molecule has 0 radical (unpaired) electrons. The van der Waals surface area contributed by atoms with Gasteiger partial charge in [-0.2, -0.15) is 0 Å². The largest absolute Gasteiger partial charge is 0.493 e. The summed E-state index contributed by atoms with van der Waals surface area (Å²) in [6.45, 7) is 10.1. The molecule has 1 aliphatic rings. The molecule has 0 N–H and O–H groups in total. The van der Waals surface area contributed by atoms with E-state index in [1.54, 1.807) is 6.20 Å². The Labute approximate surface area is 195 Å². The van der Waals surface area contributed by atoms with Gasteiger partial charge in [-0.1, -0.05) is 64.7 Å². The summed E-state index contributed by atoms with van der Waals surface area (Å²) in [7, 11) is 0. The van der Waals surface area contributed by atoms with E-state index in [1.807, 2.05) is 30.3 Å². The highest BCUT2D eigenvalue weighted by molar-refractivity contribution is 5.70. The van der Waals surface area contributed by atoms with Gasteiger partial charge in [0, 0.05) is 31.0 Å². The molecule has 2 aromatic rings. The number of rotatable bonds is 12. The predicted octanol–water partition coefficient (Wildman–Crippen LogP) is 7.71. The van der Waals surface area contributed by atoms with Crippen molar-refractivity contribution in [2.45, 2.75) is 78.6 Å². The molecular weight excluding hydrogens is 398 g/mol. The zero-order chi connectivity index (χ0) is 22.9. The Kier molecular flexibility index (Phi) is 13.5. The SMILES string of the molecule is C1CCOCC1.CCCCCCC(C)COc1ccccc1-c1ccnc(OCCC)c1. The van der Waals surface area contributed by atoms with Crippen LogP contribution in [0.4, 0.5) is 0 Å². The fourth-order valence-corrected chi connectivity index (χ4v) is 3.62. The Morgan fingerprint density at radius 3 is 2.44 bits per heavy atom. The summed E-state index contributed by atoms with van der Waals surface area (Å²) in [6.07, 6.45) is 13.2. The molecule has 0 bridgehead atoms. The average molecular weight is 442 g/mol. The van der Waals surface area contributed by atoms with Crippen LogP contribution in [-0.4, -0.2) is 31.4 Å². The molecule has 1 aromatic heterocycles. The van der Waals surface area contributed by atoms with Gasteiger partial charge in [0.1, 0.15) is 5.75 Å². The van der Waals surface area contributed by atoms with Crippen LogP contribution in [0.15, 0.2) is 42.6 Å². The minimum atomic E-state index is 0.570. The van der Waals surface area contributed by atoms with Crippen LogP contribution >= 0.6 is 0 Å². The van der Waals surface area contributed by atoms with Gasteiger partial charge in [-0.3, -0.25) is 0 Å².